The van der Waals surface area contributed by atoms with Crippen molar-refractivity contribution in [1.29, 1.82) is 0 Å². The fourth-order valence-corrected chi connectivity index (χ4v) is 1.94. The lowest BCUT2D eigenvalue weighted by atomic mass is 10.1. The summed E-state index contributed by atoms with van der Waals surface area (Å²) in [6.07, 6.45) is 0.768. The predicted molar refractivity (Wildman–Crippen MR) is 66.0 cm³/mol. The van der Waals surface area contributed by atoms with E-state index in [-0.39, 0.29) is 29.9 Å². The lowest BCUT2D eigenvalue weighted by Gasteiger charge is -2.32. The number of rotatable bonds is 5. The molecule has 1 aliphatic rings. The molecule has 0 aliphatic carbocycles. The molecule has 1 fully saturated rings. The standard InChI is InChI=1S/C10H18F2N2O2.BrH/c1-13-8(9(15)16)3-6-14-5-2-4-10(11,12)7-14;/h8,13H,2-7H2,1H3,(H,15,16);1H. The van der Waals surface area contributed by atoms with Crippen LogP contribution < -0.4 is 5.32 Å². The van der Waals surface area contributed by atoms with Gasteiger partial charge in [-0.2, -0.15) is 0 Å². The topological polar surface area (TPSA) is 52.6 Å². The van der Waals surface area contributed by atoms with Crippen LogP contribution in [0.4, 0.5) is 8.78 Å². The molecule has 1 saturated heterocycles. The summed E-state index contributed by atoms with van der Waals surface area (Å²) < 4.78 is 26.1. The molecule has 1 atom stereocenters. The van der Waals surface area contributed by atoms with Crippen LogP contribution in [-0.4, -0.2) is 54.6 Å². The minimum Gasteiger partial charge on any atom is -0.480 e. The quantitative estimate of drug-likeness (QED) is 0.804. The summed E-state index contributed by atoms with van der Waals surface area (Å²) in [5.74, 6) is -3.55. The van der Waals surface area contributed by atoms with Crippen molar-refractivity contribution in [3.63, 3.8) is 0 Å². The highest BCUT2D eigenvalue weighted by atomic mass is 79.9. The summed E-state index contributed by atoms with van der Waals surface area (Å²) in [6, 6.07) is -0.657. The molecule has 0 amide bonds. The van der Waals surface area contributed by atoms with Crippen LogP contribution in [0.5, 0.6) is 0 Å². The maximum absolute atomic E-state index is 13.0. The van der Waals surface area contributed by atoms with Crippen molar-refractivity contribution >= 4 is 23.0 Å². The van der Waals surface area contributed by atoms with Crippen molar-refractivity contribution in [1.82, 2.24) is 10.2 Å². The molecule has 17 heavy (non-hydrogen) atoms. The van der Waals surface area contributed by atoms with E-state index in [2.05, 4.69) is 5.32 Å². The van der Waals surface area contributed by atoms with Crippen molar-refractivity contribution in [3.8, 4) is 0 Å². The van der Waals surface area contributed by atoms with Gasteiger partial charge in [-0.05, 0) is 26.4 Å². The number of alkyl halides is 2. The van der Waals surface area contributed by atoms with E-state index in [0.29, 0.717) is 25.9 Å². The fraction of sp³-hybridized carbons (Fsp3) is 0.900. The predicted octanol–water partition coefficient (Wildman–Crippen LogP) is 1.36. The van der Waals surface area contributed by atoms with Gasteiger partial charge in [-0.1, -0.05) is 0 Å². The zero-order valence-electron chi connectivity index (χ0n) is 9.79. The minimum absolute atomic E-state index is 0. The van der Waals surface area contributed by atoms with Gasteiger partial charge < -0.3 is 10.4 Å². The Labute approximate surface area is 110 Å². The molecule has 0 aromatic rings. The molecular formula is C10H19BrF2N2O2. The largest absolute Gasteiger partial charge is 0.480 e. The van der Waals surface area contributed by atoms with E-state index in [1.165, 1.54) is 0 Å². The second-order valence-electron chi connectivity index (χ2n) is 4.20. The number of carboxylic acids is 1. The Morgan fingerprint density at radius 1 is 1.59 bits per heavy atom. The summed E-state index contributed by atoms with van der Waals surface area (Å²) in [7, 11) is 1.56. The van der Waals surface area contributed by atoms with Crippen molar-refractivity contribution < 1.29 is 18.7 Å². The highest BCUT2D eigenvalue weighted by Crippen LogP contribution is 2.26. The van der Waals surface area contributed by atoms with E-state index in [0.717, 1.165) is 0 Å². The molecule has 0 bridgehead atoms. The number of carbonyl (C=O) groups is 1. The van der Waals surface area contributed by atoms with Crippen LogP contribution in [0, 0.1) is 0 Å². The van der Waals surface area contributed by atoms with Gasteiger partial charge in [0.15, 0.2) is 0 Å². The number of hydrogen-bond acceptors (Lipinski definition) is 3. The van der Waals surface area contributed by atoms with E-state index >= 15 is 0 Å². The summed E-state index contributed by atoms with van der Waals surface area (Å²) in [5.41, 5.74) is 0. The molecule has 0 spiro atoms. The third-order valence-electron chi connectivity index (χ3n) is 2.85. The van der Waals surface area contributed by atoms with E-state index in [4.69, 9.17) is 5.11 Å². The van der Waals surface area contributed by atoms with Crippen molar-refractivity contribution in [2.45, 2.75) is 31.2 Å². The summed E-state index contributed by atoms with van der Waals surface area (Å²) in [6.45, 7) is 0.780. The van der Waals surface area contributed by atoms with Crippen LogP contribution in [0.1, 0.15) is 19.3 Å². The Hall–Kier alpha value is -0.270. The van der Waals surface area contributed by atoms with Crippen LogP contribution in [0.15, 0.2) is 0 Å². The van der Waals surface area contributed by atoms with Crippen molar-refractivity contribution in [3.05, 3.63) is 0 Å². The fourth-order valence-electron chi connectivity index (χ4n) is 1.94. The number of nitrogens with one attached hydrogen (secondary N) is 1. The van der Waals surface area contributed by atoms with Gasteiger partial charge in [-0.15, -0.1) is 17.0 Å². The van der Waals surface area contributed by atoms with Crippen LogP contribution in [0.3, 0.4) is 0 Å². The molecule has 0 radical (unpaired) electrons. The first-order valence-electron chi connectivity index (χ1n) is 5.45. The summed E-state index contributed by atoms with van der Waals surface area (Å²) >= 11 is 0. The minimum atomic E-state index is -2.61. The molecule has 1 unspecified atom stereocenters. The van der Waals surface area contributed by atoms with Crippen LogP contribution in [-0.2, 0) is 4.79 Å². The lowest BCUT2D eigenvalue weighted by molar-refractivity contribution is -0.139. The Kier molecular flexibility index (Phi) is 7.11. The third-order valence-corrected chi connectivity index (χ3v) is 2.85. The number of aliphatic carboxylic acids is 1. The van der Waals surface area contributed by atoms with Crippen LogP contribution >= 0.6 is 17.0 Å². The van der Waals surface area contributed by atoms with E-state index in [1.54, 1.807) is 11.9 Å². The Morgan fingerprint density at radius 3 is 2.71 bits per heavy atom. The number of nitrogens with zero attached hydrogens (tertiary/aromatic N) is 1. The number of likely N-dealkylation sites (tertiary alicyclic amines) is 1. The summed E-state index contributed by atoms with van der Waals surface area (Å²) in [5, 5.41) is 11.4. The van der Waals surface area contributed by atoms with E-state index in [1.807, 2.05) is 0 Å². The van der Waals surface area contributed by atoms with Crippen LogP contribution in [0.25, 0.3) is 0 Å². The molecule has 0 aromatic carbocycles. The highest BCUT2D eigenvalue weighted by Gasteiger charge is 2.35. The first-order chi connectivity index (χ1) is 7.44. The maximum Gasteiger partial charge on any atom is 0.320 e. The Morgan fingerprint density at radius 2 is 2.24 bits per heavy atom. The smallest absolute Gasteiger partial charge is 0.320 e. The molecular weight excluding hydrogens is 298 g/mol. The van der Waals surface area contributed by atoms with E-state index < -0.39 is 17.9 Å². The number of carboxylic acid groups (broad SMARTS) is 1. The second kappa shape index (κ2) is 7.23. The average Bonchev–Trinajstić information content (AvgIpc) is 2.16. The molecule has 1 aliphatic heterocycles. The Balaban J connectivity index is 0.00000256. The number of hydrogen-bond donors (Lipinski definition) is 2. The van der Waals surface area contributed by atoms with E-state index in [9.17, 15) is 13.6 Å². The van der Waals surface area contributed by atoms with Crippen LogP contribution in [0.2, 0.25) is 0 Å². The summed E-state index contributed by atoms with van der Waals surface area (Å²) in [4.78, 5) is 12.3. The van der Waals surface area contributed by atoms with Gasteiger partial charge in [0.2, 0.25) is 0 Å². The second-order valence-corrected chi connectivity index (χ2v) is 4.20. The molecule has 0 aromatic heterocycles. The van der Waals surface area contributed by atoms with Crippen molar-refractivity contribution in [2.24, 2.45) is 0 Å². The number of likely N-dealkylation sites (N-methyl/N-ethyl adjacent to an activating group) is 1. The number of piperidine rings is 1. The lowest BCUT2D eigenvalue weighted by Crippen LogP contribution is -2.45. The molecule has 0 saturated carbocycles. The molecule has 4 nitrogen and oxygen atoms in total. The zero-order valence-corrected chi connectivity index (χ0v) is 11.5. The van der Waals surface area contributed by atoms with Gasteiger partial charge in [0.1, 0.15) is 6.04 Å². The SMILES string of the molecule is Br.CNC(CCN1CCCC(F)(F)C1)C(=O)O. The van der Waals surface area contributed by atoms with Gasteiger partial charge in [0.05, 0.1) is 6.54 Å². The Bertz CT molecular complexity index is 254. The molecule has 7 heteroatoms. The van der Waals surface area contributed by atoms with Gasteiger partial charge >= 0.3 is 5.97 Å². The van der Waals surface area contributed by atoms with Gasteiger partial charge in [0, 0.05) is 13.0 Å². The van der Waals surface area contributed by atoms with Gasteiger partial charge in [0.25, 0.3) is 5.92 Å². The van der Waals surface area contributed by atoms with Gasteiger partial charge in [-0.25, -0.2) is 8.78 Å². The van der Waals surface area contributed by atoms with Gasteiger partial charge in [-0.3, -0.25) is 9.69 Å². The third kappa shape index (κ3) is 5.74. The first kappa shape index (κ1) is 16.7. The molecule has 1 rings (SSSR count). The highest BCUT2D eigenvalue weighted by molar-refractivity contribution is 8.93. The maximum atomic E-state index is 13.0. The molecule has 1 heterocycles. The normalized spacial score (nSPS) is 21.6. The number of halogens is 3. The zero-order chi connectivity index (χ0) is 12.2. The van der Waals surface area contributed by atoms with Crippen molar-refractivity contribution in [2.75, 3.05) is 26.7 Å². The molecule has 2 N–H and O–H groups in total. The monoisotopic (exact) mass is 316 g/mol. The first-order valence-corrected chi connectivity index (χ1v) is 5.45. The molecule has 102 valence electrons. The average molecular weight is 317 g/mol.